The van der Waals surface area contributed by atoms with Crippen LogP contribution in [-0.2, 0) is 71.2 Å². The summed E-state index contributed by atoms with van der Waals surface area (Å²) < 4.78 is 37.1. The number of esters is 2. The molecule has 4 aliphatic heterocycles. The van der Waals surface area contributed by atoms with E-state index in [2.05, 4.69) is 5.32 Å². The van der Waals surface area contributed by atoms with Gasteiger partial charge in [-0.2, -0.15) is 5.06 Å². The zero-order valence-corrected chi connectivity index (χ0v) is 42.8. The highest BCUT2D eigenvalue weighted by Crippen LogP contribution is 2.60. The van der Waals surface area contributed by atoms with Crippen molar-refractivity contribution in [2.75, 3.05) is 26.9 Å². The van der Waals surface area contributed by atoms with Crippen molar-refractivity contribution in [3.05, 3.63) is 149 Å². The van der Waals surface area contributed by atoms with Gasteiger partial charge in [-0.3, -0.25) is 24.0 Å². The van der Waals surface area contributed by atoms with Crippen LogP contribution in [0.1, 0.15) is 67.9 Å². The predicted octanol–water partition coefficient (Wildman–Crippen LogP) is 2.67. The summed E-state index contributed by atoms with van der Waals surface area (Å²) in [6.45, 7) is 4.14. The van der Waals surface area contributed by atoms with Gasteiger partial charge in [0.05, 0.1) is 32.4 Å². The number of likely N-dealkylation sites (N-methyl/N-ethyl adjacent to an activating group) is 1. The monoisotopic (exact) mass is 1050 g/mol. The number of nitrogens with one attached hydrogen (secondary N) is 1. The molecule has 19 heteroatoms. The summed E-state index contributed by atoms with van der Waals surface area (Å²) in [6.07, 6.45) is -7.63. The minimum atomic E-state index is -1.70. The van der Waals surface area contributed by atoms with E-state index in [9.17, 15) is 39.9 Å². The molecule has 5 aliphatic rings. The number of hydrogen-bond donors (Lipinski definition) is 6. The Morgan fingerprint density at radius 3 is 2.09 bits per heavy atom. The number of nitrogens with zero attached hydrogens (tertiary/aromatic N) is 2. The average molecular weight is 1050 g/mol. The second-order valence-electron chi connectivity index (χ2n) is 21.0. The van der Waals surface area contributed by atoms with Crippen LogP contribution in [-0.4, -0.2) is 165 Å². The largest absolute Gasteiger partial charge is 0.460 e. The second kappa shape index (κ2) is 23.0. The van der Waals surface area contributed by atoms with Crippen LogP contribution in [0, 0.1) is 5.41 Å². The van der Waals surface area contributed by atoms with Gasteiger partial charge in [-0.1, -0.05) is 127 Å². The van der Waals surface area contributed by atoms with E-state index in [-0.39, 0.29) is 38.8 Å². The molecule has 5 fully saturated rings. The zero-order chi connectivity index (χ0) is 53.9. The molecular weight excluding hydrogens is 983 g/mol. The third-order valence-electron chi connectivity index (χ3n) is 14.7. The fraction of sp³-hybridized carbons (Fsp3) is 0.474. The maximum Gasteiger partial charge on any atom is 0.327 e. The quantitative estimate of drug-likeness (QED) is 0.0739. The van der Waals surface area contributed by atoms with E-state index in [1.54, 1.807) is 32.9 Å². The molecule has 406 valence electrons. The SMILES string of the molecule is CN(C(=O)[C@@]12C[C@H]3OC(=O)[C@@H]1N(Cc1ccc(C=CCO[C@H]4O[C@H](CO)[C@H](O)[C@H](O)[C@H]4O)cc1)O[C@@H]2[C@H]1OC(c2ccccc2)(c2ccccc2)O[C@H]13)[C@H](Cc1ccccc1)C(=O)N[C@H](CO)CCC(=O)OC(C)(C)C. The standard InChI is InChI=1S/C57H67N3O16/c1-55(2,3)73-43(63)27-26-39(32-61)58-51(67)40(29-35-15-8-5-9-16-35)59(4)54(69)56-30-41-47-48(75-57(74-47,37-18-10-6-11-19-37)38-20-12-7-13-21-38)50(56)76-60(49(56)52(68)71-41)31-36-24-22-34(23-25-36)17-14-28-70-53-46(66)45(65)44(64)42(33-62)72-53/h5-25,39-42,44-50,53,61-62,64-66H,26-33H2,1-4H3,(H,58,67)/t39-,40+,41+,42+,44-,45-,46+,47-,48-,49-,50+,53-,56-/m0/s1. The number of carbonyl (C=O) groups excluding carboxylic acids is 4. The Labute approximate surface area is 440 Å². The van der Waals surface area contributed by atoms with E-state index in [4.69, 9.17) is 33.3 Å². The highest BCUT2D eigenvalue weighted by Gasteiger charge is 2.77. The van der Waals surface area contributed by atoms with E-state index in [1.807, 2.05) is 115 Å². The van der Waals surface area contributed by atoms with Gasteiger partial charge in [-0.05, 0) is 43.9 Å². The number of benzene rings is 4. The molecule has 1 aliphatic carbocycles. The number of aliphatic hydroxyl groups is 5. The van der Waals surface area contributed by atoms with Gasteiger partial charge in [0.2, 0.25) is 17.6 Å². The Morgan fingerprint density at radius 2 is 1.47 bits per heavy atom. The van der Waals surface area contributed by atoms with Crippen LogP contribution in [0.3, 0.4) is 0 Å². The van der Waals surface area contributed by atoms with Crippen LogP contribution in [0.15, 0.2) is 121 Å². The summed E-state index contributed by atoms with van der Waals surface area (Å²) in [6, 6.07) is 31.9. The maximum atomic E-state index is 16.1. The fourth-order valence-corrected chi connectivity index (χ4v) is 11.0. The number of fused-ring (bicyclic) bond motifs is 4. The molecule has 6 N–H and O–H groups in total. The first-order chi connectivity index (χ1) is 36.5. The van der Waals surface area contributed by atoms with E-state index in [0.29, 0.717) is 16.7 Å². The molecule has 0 aromatic heterocycles. The van der Waals surface area contributed by atoms with Gasteiger partial charge >= 0.3 is 11.9 Å². The minimum absolute atomic E-state index is 0.00834. The molecule has 4 heterocycles. The minimum Gasteiger partial charge on any atom is -0.460 e. The molecule has 4 saturated heterocycles. The van der Waals surface area contributed by atoms with E-state index in [1.165, 1.54) is 17.0 Å². The molecule has 4 aromatic rings. The van der Waals surface area contributed by atoms with Gasteiger partial charge in [0, 0.05) is 37.4 Å². The molecular formula is C57H67N3O16. The van der Waals surface area contributed by atoms with Gasteiger partial charge in [0.25, 0.3) is 0 Å². The van der Waals surface area contributed by atoms with Crippen LogP contribution in [0.2, 0.25) is 0 Å². The third-order valence-corrected chi connectivity index (χ3v) is 14.7. The molecule has 19 nitrogen and oxygen atoms in total. The van der Waals surface area contributed by atoms with Gasteiger partial charge in [-0.25, -0.2) is 0 Å². The third kappa shape index (κ3) is 11.1. The summed E-state index contributed by atoms with van der Waals surface area (Å²) in [7, 11) is 1.52. The molecule has 76 heavy (non-hydrogen) atoms. The lowest BCUT2D eigenvalue weighted by Crippen LogP contribution is -2.70. The number of hydrogen-bond acceptors (Lipinski definition) is 17. The molecule has 0 spiro atoms. The molecule has 4 aromatic carbocycles. The first kappa shape index (κ1) is 54.8. The molecule has 13 atom stereocenters. The van der Waals surface area contributed by atoms with Crippen molar-refractivity contribution in [2.24, 2.45) is 5.41 Å². The topological polar surface area (TPSA) is 253 Å². The smallest absolute Gasteiger partial charge is 0.327 e. The number of ether oxygens (including phenoxy) is 6. The lowest BCUT2D eigenvalue weighted by Gasteiger charge is -2.50. The summed E-state index contributed by atoms with van der Waals surface area (Å²) in [5.41, 5.74) is 1.09. The number of rotatable bonds is 19. The molecule has 2 amide bonds. The number of carbonyl (C=O) groups is 4. The zero-order valence-electron chi connectivity index (χ0n) is 42.8. The highest BCUT2D eigenvalue weighted by atomic mass is 16.8. The van der Waals surface area contributed by atoms with Crippen LogP contribution in [0.25, 0.3) is 6.08 Å². The molecule has 2 bridgehead atoms. The number of aliphatic hydroxyl groups excluding tert-OH is 5. The predicted molar refractivity (Wildman–Crippen MR) is 271 cm³/mol. The molecule has 1 saturated carbocycles. The Balaban J connectivity index is 1.02. The lowest BCUT2D eigenvalue weighted by molar-refractivity contribution is -0.298. The van der Waals surface area contributed by atoms with Gasteiger partial charge in [0.15, 0.2) is 12.3 Å². The van der Waals surface area contributed by atoms with Crippen molar-refractivity contribution in [2.45, 2.75) is 138 Å². The Bertz CT molecular complexity index is 2630. The first-order valence-electron chi connectivity index (χ1n) is 25.7. The Kier molecular flexibility index (Phi) is 16.6. The highest BCUT2D eigenvalue weighted by molar-refractivity contribution is 5.96. The van der Waals surface area contributed by atoms with E-state index in [0.717, 1.165) is 11.1 Å². The fourth-order valence-electron chi connectivity index (χ4n) is 11.0. The van der Waals surface area contributed by atoms with Gasteiger partial charge in [-0.15, -0.1) is 0 Å². The van der Waals surface area contributed by atoms with Crippen molar-refractivity contribution in [3.63, 3.8) is 0 Å². The van der Waals surface area contributed by atoms with Crippen LogP contribution in [0.5, 0.6) is 0 Å². The van der Waals surface area contributed by atoms with E-state index < -0.39 is 127 Å². The van der Waals surface area contributed by atoms with Crippen molar-refractivity contribution in [3.8, 4) is 0 Å². The van der Waals surface area contributed by atoms with Gasteiger partial charge < -0.3 is 64.2 Å². The summed E-state index contributed by atoms with van der Waals surface area (Å²) >= 11 is 0. The molecule has 0 radical (unpaired) electrons. The van der Waals surface area contributed by atoms with Crippen molar-refractivity contribution < 1.29 is 78.0 Å². The molecule has 0 unspecified atom stereocenters. The van der Waals surface area contributed by atoms with Crippen molar-refractivity contribution in [1.29, 1.82) is 0 Å². The summed E-state index contributed by atoms with van der Waals surface area (Å²) in [5, 5.41) is 55.0. The normalized spacial score (nSPS) is 29.5. The van der Waals surface area contributed by atoms with Crippen molar-refractivity contribution in [1.82, 2.24) is 15.3 Å². The average Bonchev–Trinajstić information content (AvgIpc) is 4.20. The number of amides is 2. The van der Waals surface area contributed by atoms with Crippen LogP contribution >= 0.6 is 0 Å². The maximum absolute atomic E-state index is 16.1. The van der Waals surface area contributed by atoms with Crippen molar-refractivity contribution >= 4 is 29.8 Å². The summed E-state index contributed by atoms with van der Waals surface area (Å²) in [5.74, 6) is -3.88. The lowest BCUT2D eigenvalue weighted by atomic mass is 9.62. The van der Waals surface area contributed by atoms with Gasteiger partial charge in [0.1, 0.15) is 65.9 Å². The Morgan fingerprint density at radius 1 is 0.842 bits per heavy atom. The Hall–Kier alpha value is -5.94. The first-order valence-corrected chi connectivity index (χ1v) is 25.7. The summed E-state index contributed by atoms with van der Waals surface area (Å²) in [4.78, 5) is 66.6. The second-order valence-corrected chi connectivity index (χ2v) is 21.0. The molecule has 9 rings (SSSR count). The number of hydroxylamine groups is 2. The van der Waals surface area contributed by atoms with E-state index >= 15 is 4.79 Å². The van der Waals surface area contributed by atoms with Crippen LogP contribution < -0.4 is 5.32 Å². The van der Waals surface area contributed by atoms with Crippen LogP contribution in [0.4, 0.5) is 0 Å².